The number of rotatable bonds is 7. The molecule has 10 nitrogen and oxygen atoms in total. The molecule has 0 atom stereocenters. The van der Waals surface area contributed by atoms with Crippen LogP contribution in [-0.4, -0.2) is 41.7 Å². The molecule has 2 N–H and O–H groups in total. The predicted octanol–water partition coefficient (Wildman–Crippen LogP) is 6.14. The number of nitrogens with zero attached hydrogens (tertiary/aromatic N) is 5. The van der Waals surface area contributed by atoms with Crippen LogP contribution in [0.1, 0.15) is 26.4 Å². The second kappa shape index (κ2) is 11.1. The molecule has 0 fully saturated rings. The number of amides is 1. The monoisotopic (exact) mass is 580 g/mol. The number of benzene rings is 2. The largest absolute Gasteiger partial charge is 0.478 e. The minimum atomic E-state index is -4.86. The van der Waals surface area contributed by atoms with E-state index in [-0.39, 0.29) is 33.9 Å². The average Bonchev–Trinajstić information content (AvgIpc) is 3.41. The van der Waals surface area contributed by atoms with E-state index in [4.69, 9.17) is 21.4 Å². The van der Waals surface area contributed by atoms with E-state index in [1.54, 1.807) is 24.3 Å². The van der Waals surface area contributed by atoms with Gasteiger partial charge in [0, 0.05) is 42.1 Å². The third-order valence-corrected chi connectivity index (χ3v) is 5.91. The first-order chi connectivity index (χ1) is 19.6. The fourth-order valence-electron chi connectivity index (χ4n) is 3.66. The molecule has 5 aromatic rings. The Bertz CT molecular complexity index is 1730. The van der Waals surface area contributed by atoms with Gasteiger partial charge < -0.3 is 15.2 Å². The molecule has 0 aliphatic heterocycles. The number of nitrogens with one attached hydrogen (secondary N) is 1. The van der Waals surface area contributed by atoms with Crippen LogP contribution in [0, 0.1) is 0 Å². The summed E-state index contributed by atoms with van der Waals surface area (Å²) < 4.78 is 47.2. The second-order valence-electron chi connectivity index (χ2n) is 8.36. The van der Waals surface area contributed by atoms with Crippen molar-refractivity contribution in [3.63, 3.8) is 0 Å². The normalized spacial score (nSPS) is 11.2. The predicted molar refractivity (Wildman–Crippen MR) is 140 cm³/mol. The molecule has 5 rings (SSSR count). The van der Waals surface area contributed by atoms with Gasteiger partial charge in [0.15, 0.2) is 11.5 Å². The zero-order valence-corrected chi connectivity index (χ0v) is 21.3. The molecule has 0 saturated heterocycles. The average molecular weight is 581 g/mol. The molecular weight excluding hydrogens is 565 g/mol. The number of aromatic nitrogens is 5. The van der Waals surface area contributed by atoms with E-state index in [0.29, 0.717) is 11.1 Å². The lowest BCUT2D eigenvalue weighted by atomic mass is 10.1. The molecule has 41 heavy (non-hydrogen) atoms. The van der Waals surface area contributed by atoms with Crippen molar-refractivity contribution in [2.45, 2.75) is 6.18 Å². The summed E-state index contributed by atoms with van der Waals surface area (Å²) in [4.78, 5) is 36.1. The number of aromatic carboxylic acids is 1. The molecule has 0 saturated carbocycles. The van der Waals surface area contributed by atoms with Gasteiger partial charge in [-0.3, -0.25) is 4.79 Å². The lowest BCUT2D eigenvalue weighted by Crippen LogP contribution is -2.17. The highest BCUT2D eigenvalue weighted by molar-refractivity contribution is 6.33. The Morgan fingerprint density at radius 2 is 1.66 bits per heavy atom. The number of alkyl halides is 3. The van der Waals surface area contributed by atoms with Gasteiger partial charge in [0.1, 0.15) is 5.75 Å². The van der Waals surface area contributed by atoms with E-state index in [1.807, 2.05) is 0 Å². The van der Waals surface area contributed by atoms with E-state index in [9.17, 15) is 22.8 Å². The number of pyridine rings is 1. The van der Waals surface area contributed by atoms with E-state index in [1.165, 1.54) is 55.0 Å². The van der Waals surface area contributed by atoms with E-state index in [0.717, 1.165) is 10.9 Å². The smallest absolute Gasteiger partial charge is 0.435 e. The Kier molecular flexibility index (Phi) is 7.36. The third kappa shape index (κ3) is 6.15. The zero-order valence-electron chi connectivity index (χ0n) is 20.5. The van der Waals surface area contributed by atoms with Crippen LogP contribution in [-0.2, 0) is 6.18 Å². The van der Waals surface area contributed by atoms with Crippen LogP contribution in [0.2, 0.25) is 5.02 Å². The number of carboxylic acid groups (broad SMARTS) is 1. The van der Waals surface area contributed by atoms with Gasteiger partial charge in [-0.25, -0.2) is 24.4 Å². The van der Waals surface area contributed by atoms with Gasteiger partial charge >= 0.3 is 18.2 Å². The Hall–Kier alpha value is -5.30. The first-order valence-corrected chi connectivity index (χ1v) is 12.0. The van der Waals surface area contributed by atoms with Crippen LogP contribution < -0.4 is 10.1 Å². The van der Waals surface area contributed by atoms with Gasteiger partial charge in [0.05, 0.1) is 16.1 Å². The Balaban J connectivity index is 1.28. The standard InChI is InChI=1S/C27H16ClF3N6O4/c28-21-11-18(8-9-19(21)25(39)40)41-26-33-12-16(13-34-26)15-4-6-17(7-5-15)35-24(38)20-14-37(22-3-1-2-10-32-22)36-23(20)27(29,30)31/h1-14H,(H,35,38)(H,39,40). The molecule has 0 aliphatic rings. The summed E-state index contributed by atoms with van der Waals surface area (Å²) in [6, 6.07) is 15.0. The van der Waals surface area contributed by atoms with E-state index in [2.05, 4.69) is 25.4 Å². The molecule has 0 bridgehead atoms. The summed E-state index contributed by atoms with van der Waals surface area (Å²) >= 11 is 5.94. The molecule has 3 aromatic heterocycles. The zero-order chi connectivity index (χ0) is 29.1. The Labute approximate surface area is 234 Å². The lowest BCUT2D eigenvalue weighted by molar-refractivity contribution is -0.141. The topological polar surface area (TPSA) is 132 Å². The van der Waals surface area contributed by atoms with Gasteiger partial charge in [0.25, 0.3) is 5.91 Å². The number of carboxylic acids is 1. The maximum absolute atomic E-state index is 13.6. The summed E-state index contributed by atoms with van der Waals surface area (Å²) in [7, 11) is 0. The van der Waals surface area contributed by atoms with Gasteiger partial charge in [0.2, 0.25) is 0 Å². The number of anilines is 1. The van der Waals surface area contributed by atoms with Crippen LogP contribution >= 0.6 is 11.6 Å². The number of halogens is 4. The third-order valence-electron chi connectivity index (χ3n) is 5.60. The SMILES string of the molecule is O=C(O)c1ccc(Oc2ncc(-c3ccc(NC(=O)c4cn(-c5ccccn5)nc4C(F)(F)F)cc3)cn2)cc1Cl. The number of carbonyl (C=O) groups excluding carboxylic acids is 1. The molecule has 14 heteroatoms. The first kappa shape index (κ1) is 27.3. The van der Waals surface area contributed by atoms with Crippen molar-refractivity contribution < 1.29 is 32.6 Å². The van der Waals surface area contributed by atoms with Gasteiger partial charge in [-0.1, -0.05) is 29.8 Å². The molecule has 1 amide bonds. The molecule has 0 aliphatic carbocycles. The summed E-state index contributed by atoms with van der Waals surface area (Å²) in [5, 5.41) is 15.0. The van der Waals surface area contributed by atoms with Gasteiger partial charge in [-0.15, -0.1) is 0 Å². The van der Waals surface area contributed by atoms with E-state index < -0.39 is 29.3 Å². The minimum Gasteiger partial charge on any atom is -0.478 e. The lowest BCUT2D eigenvalue weighted by Gasteiger charge is -2.09. The molecule has 0 radical (unpaired) electrons. The van der Waals surface area contributed by atoms with Crippen molar-refractivity contribution in [2.75, 3.05) is 5.32 Å². The van der Waals surface area contributed by atoms with Crippen molar-refractivity contribution in [3.8, 4) is 28.7 Å². The molecule has 2 aromatic carbocycles. The highest BCUT2D eigenvalue weighted by atomic mass is 35.5. The molecule has 3 heterocycles. The van der Waals surface area contributed by atoms with Crippen LogP contribution in [0.4, 0.5) is 18.9 Å². The van der Waals surface area contributed by atoms with Crippen molar-refractivity contribution in [3.05, 3.63) is 107 Å². The van der Waals surface area contributed by atoms with Crippen molar-refractivity contribution >= 4 is 29.2 Å². The Morgan fingerprint density at radius 1 is 0.927 bits per heavy atom. The number of hydrogen-bond acceptors (Lipinski definition) is 7. The maximum Gasteiger partial charge on any atom is 0.435 e. The molecular formula is C27H16ClF3N6O4. The molecule has 0 spiro atoms. The summed E-state index contributed by atoms with van der Waals surface area (Å²) in [5.41, 5.74) is -0.574. The minimum absolute atomic E-state index is 0.00420. The van der Waals surface area contributed by atoms with Crippen LogP contribution in [0.25, 0.3) is 16.9 Å². The van der Waals surface area contributed by atoms with E-state index >= 15 is 0 Å². The van der Waals surface area contributed by atoms with Crippen molar-refractivity contribution in [1.82, 2.24) is 24.7 Å². The second-order valence-corrected chi connectivity index (χ2v) is 8.76. The first-order valence-electron chi connectivity index (χ1n) is 11.6. The van der Waals surface area contributed by atoms with Gasteiger partial charge in [-0.2, -0.15) is 18.3 Å². The van der Waals surface area contributed by atoms with Crippen molar-refractivity contribution in [1.29, 1.82) is 0 Å². The number of ether oxygens (including phenoxy) is 1. The van der Waals surface area contributed by atoms with Crippen molar-refractivity contribution in [2.24, 2.45) is 0 Å². The summed E-state index contributed by atoms with van der Waals surface area (Å²) in [5.74, 6) is -1.80. The van der Waals surface area contributed by atoms with Crippen LogP contribution in [0.5, 0.6) is 11.8 Å². The van der Waals surface area contributed by atoms with Gasteiger partial charge in [-0.05, 0) is 42.0 Å². The summed E-state index contributed by atoms with van der Waals surface area (Å²) in [6.07, 6.45) is 0.467. The Morgan fingerprint density at radius 3 is 2.27 bits per heavy atom. The highest BCUT2D eigenvalue weighted by Crippen LogP contribution is 2.32. The maximum atomic E-state index is 13.6. The van der Waals surface area contributed by atoms with Crippen LogP contribution in [0.3, 0.4) is 0 Å². The fourth-order valence-corrected chi connectivity index (χ4v) is 3.91. The summed E-state index contributed by atoms with van der Waals surface area (Å²) in [6.45, 7) is 0. The molecule has 206 valence electrons. The quantitative estimate of drug-likeness (QED) is 0.235. The fraction of sp³-hybridized carbons (Fsp3) is 0.0370. The number of carbonyl (C=O) groups is 2. The number of hydrogen-bond donors (Lipinski definition) is 2. The van der Waals surface area contributed by atoms with Crippen LogP contribution in [0.15, 0.2) is 85.5 Å². The highest BCUT2D eigenvalue weighted by Gasteiger charge is 2.39. The molecule has 0 unspecified atom stereocenters.